The first-order chi connectivity index (χ1) is 2.84. The predicted octanol–water partition coefficient (Wildman–Crippen LogP) is 0.338. The summed E-state index contributed by atoms with van der Waals surface area (Å²) in [7, 11) is 1.97. The van der Waals surface area contributed by atoms with Crippen molar-refractivity contribution in [2.75, 3.05) is 7.05 Å². The zero-order valence-electron chi connectivity index (χ0n) is 3.51. The summed E-state index contributed by atoms with van der Waals surface area (Å²) in [5.41, 5.74) is 0. The van der Waals surface area contributed by atoms with Crippen LogP contribution in [-0.4, -0.2) is 11.9 Å². The number of hydrogen-bond acceptors (Lipinski definition) is 3. The molecule has 2 N–H and O–H groups in total. The van der Waals surface area contributed by atoms with Crippen molar-refractivity contribution in [1.29, 1.82) is 0 Å². The lowest BCUT2D eigenvalue weighted by molar-refractivity contribution is 0.750. The molecule has 0 fully saturated rings. The van der Waals surface area contributed by atoms with Gasteiger partial charge in [-0.3, -0.25) is 5.14 Å². The van der Waals surface area contributed by atoms with E-state index in [1.54, 1.807) is 0 Å². The second-order valence-corrected chi connectivity index (χ2v) is 1.85. The van der Waals surface area contributed by atoms with Gasteiger partial charge in [0.05, 0.1) is 0 Å². The molecule has 1 aliphatic heterocycles. The van der Waals surface area contributed by atoms with E-state index in [1.165, 1.54) is 11.9 Å². The topological polar surface area (TPSA) is 29.0 Å². The largest absolute Gasteiger partial charge is 0.341 e. The van der Waals surface area contributed by atoms with E-state index in [4.69, 9.17) is 5.14 Å². The van der Waals surface area contributed by atoms with E-state index < -0.39 is 0 Å². The summed E-state index contributed by atoms with van der Waals surface area (Å²) in [6, 6.07) is 0. The minimum atomic E-state index is 1.16. The molecule has 2 nitrogen and oxygen atoms in total. The molecule has 1 rings (SSSR count). The van der Waals surface area contributed by atoms with E-state index in [2.05, 4.69) is 0 Å². The Balaban J connectivity index is 2.23. The van der Waals surface area contributed by atoms with Gasteiger partial charge in [-0.05, 0) is 11.9 Å². The van der Waals surface area contributed by atoms with E-state index >= 15 is 0 Å². The Morgan fingerprint density at radius 2 is 2.50 bits per heavy atom. The third-order valence-corrected chi connectivity index (χ3v) is 1.34. The molecule has 0 amide bonds. The Bertz CT molecular complexity index is 88.8. The van der Waals surface area contributed by atoms with Gasteiger partial charge in [0.1, 0.15) is 5.03 Å². The maximum absolute atomic E-state index is 5.13. The highest BCUT2D eigenvalue weighted by Gasteiger charge is 2.12. The molecule has 0 aliphatic carbocycles. The third kappa shape index (κ3) is 0.507. The fourth-order valence-corrected chi connectivity index (χ4v) is 0.636. The predicted molar refractivity (Wildman–Crippen MR) is 27.6 cm³/mol. The Kier molecular flexibility index (Phi) is 0.782. The van der Waals surface area contributed by atoms with Gasteiger partial charge in [-0.15, -0.1) is 0 Å². The normalized spacial score (nSPS) is 17.7. The Morgan fingerprint density at radius 3 is 2.50 bits per heavy atom. The van der Waals surface area contributed by atoms with E-state index in [0.29, 0.717) is 0 Å². The highest BCUT2D eigenvalue weighted by molar-refractivity contribution is 8.01. The van der Waals surface area contributed by atoms with Crippen molar-refractivity contribution >= 4 is 11.9 Å². The van der Waals surface area contributed by atoms with Gasteiger partial charge >= 0.3 is 0 Å². The summed E-state index contributed by atoms with van der Waals surface area (Å²) >= 11 is 1.29. The number of nitrogens with zero attached hydrogens (tertiary/aromatic N) is 1. The van der Waals surface area contributed by atoms with E-state index in [-0.39, 0.29) is 0 Å². The first-order valence-corrected chi connectivity index (χ1v) is 2.54. The van der Waals surface area contributed by atoms with Crippen LogP contribution in [0.4, 0.5) is 0 Å². The van der Waals surface area contributed by atoms with Crippen molar-refractivity contribution in [3.8, 4) is 0 Å². The van der Waals surface area contributed by atoms with E-state index in [1.807, 2.05) is 18.1 Å². The van der Waals surface area contributed by atoms with Crippen molar-refractivity contribution < 1.29 is 0 Å². The molecule has 0 saturated carbocycles. The molecule has 1 aliphatic rings. The van der Waals surface area contributed by atoms with Crippen molar-refractivity contribution in [3.63, 3.8) is 0 Å². The van der Waals surface area contributed by atoms with Crippen LogP contribution in [0.2, 0.25) is 0 Å². The van der Waals surface area contributed by atoms with Crippen LogP contribution in [-0.2, 0) is 0 Å². The molecule has 0 saturated heterocycles. The molecule has 0 spiro atoms. The van der Waals surface area contributed by atoms with Crippen LogP contribution in [0, 0.1) is 0 Å². The summed E-state index contributed by atoms with van der Waals surface area (Å²) in [4.78, 5) is 1.98. The molecule has 0 aromatic rings. The molecule has 0 radical (unpaired) electrons. The van der Waals surface area contributed by atoms with Crippen molar-refractivity contribution in [2.24, 2.45) is 5.14 Å². The van der Waals surface area contributed by atoms with E-state index in [0.717, 1.165) is 5.03 Å². The van der Waals surface area contributed by atoms with E-state index in [9.17, 15) is 0 Å². The summed E-state index contributed by atoms with van der Waals surface area (Å²) in [6.45, 7) is 0. The van der Waals surface area contributed by atoms with Gasteiger partial charge in [-0.2, -0.15) is 0 Å². The van der Waals surface area contributed by atoms with Gasteiger partial charge in [-0.1, -0.05) is 0 Å². The van der Waals surface area contributed by atoms with Gasteiger partial charge in [-0.25, -0.2) is 0 Å². The molecule has 6 heavy (non-hydrogen) atoms. The van der Waals surface area contributed by atoms with Crippen molar-refractivity contribution in [2.45, 2.75) is 0 Å². The molecule has 3 heteroatoms. The first kappa shape index (κ1) is 4.02. The van der Waals surface area contributed by atoms with Crippen LogP contribution in [0.25, 0.3) is 0 Å². The fraction of sp³-hybridized carbons (Fsp3) is 0.333. The Morgan fingerprint density at radius 1 is 2.00 bits per heavy atom. The third-order valence-electron chi connectivity index (χ3n) is 0.705. The van der Waals surface area contributed by atoms with Gasteiger partial charge in [0.2, 0.25) is 0 Å². The maximum atomic E-state index is 5.13. The highest BCUT2D eigenvalue weighted by atomic mass is 32.2. The molecular weight excluding hydrogens is 96.1 g/mol. The SMILES string of the molecule is CN1C=C1SN. The Labute approximate surface area is 41.1 Å². The molecule has 34 valence electrons. The second kappa shape index (κ2) is 1.17. The lowest BCUT2D eigenvalue weighted by Gasteiger charge is -1.86. The van der Waals surface area contributed by atoms with Crippen molar-refractivity contribution in [3.05, 3.63) is 11.2 Å². The first-order valence-electron chi connectivity index (χ1n) is 1.66. The van der Waals surface area contributed by atoms with Gasteiger partial charge in [0.15, 0.2) is 0 Å². The van der Waals surface area contributed by atoms with Crippen LogP contribution >= 0.6 is 11.9 Å². The van der Waals surface area contributed by atoms with Gasteiger partial charge in [0, 0.05) is 13.2 Å². The number of nitrogens with two attached hydrogens (primary N) is 1. The minimum Gasteiger partial charge on any atom is -0.341 e. The average molecular weight is 102 g/mol. The van der Waals surface area contributed by atoms with Crippen LogP contribution in [0.3, 0.4) is 0 Å². The Hall–Kier alpha value is -0.150. The van der Waals surface area contributed by atoms with Gasteiger partial charge in [0.25, 0.3) is 0 Å². The number of hydrogen-bond donors (Lipinski definition) is 1. The molecule has 0 aromatic heterocycles. The molecule has 0 atom stereocenters. The standard InChI is InChI=1S/C3H6N2S/c1-5-2-3(5)6-4/h2H,4H2,1H3. The average Bonchev–Trinajstić information content (AvgIpc) is 2.19. The number of rotatable bonds is 1. The van der Waals surface area contributed by atoms with Crippen LogP contribution in [0.5, 0.6) is 0 Å². The molecule has 0 unspecified atom stereocenters. The quantitative estimate of drug-likeness (QED) is 0.484. The maximum Gasteiger partial charge on any atom is 0.106 e. The highest BCUT2D eigenvalue weighted by Crippen LogP contribution is 2.24. The molecule has 1 heterocycles. The zero-order valence-corrected chi connectivity index (χ0v) is 4.33. The van der Waals surface area contributed by atoms with Gasteiger partial charge < -0.3 is 4.90 Å². The minimum absolute atomic E-state index is 1.16. The lowest BCUT2D eigenvalue weighted by atomic mass is 11.3. The fourth-order valence-electron chi connectivity index (χ4n) is 0.250. The summed E-state index contributed by atoms with van der Waals surface area (Å²) in [5, 5.41) is 6.29. The lowest BCUT2D eigenvalue weighted by Crippen LogP contribution is -1.85. The second-order valence-electron chi connectivity index (χ2n) is 1.20. The monoisotopic (exact) mass is 102 g/mol. The molecule has 0 bridgehead atoms. The molecule has 0 aromatic carbocycles. The molecular formula is C3H6N2S. The van der Waals surface area contributed by atoms with Crippen LogP contribution in [0.15, 0.2) is 11.2 Å². The van der Waals surface area contributed by atoms with Crippen LogP contribution in [0.1, 0.15) is 0 Å². The summed E-state index contributed by atoms with van der Waals surface area (Å²) < 4.78 is 0. The summed E-state index contributed by atoms with van der Waals surface area (Å²) in [5.74, 6) is 0. The van der Waals surface area contributed by atoms with Crippen LogP contribution < -0.4 is 5.14 Å². The van der Waals surface area contributed by atoms with Crippen molar-refractivity contribution in [1.82, 2.24) is 4.90 Å². The smallest absolute Gasteiger partial charge is 0.106 e. The summed E-state index contributed by atoms with van der Waals surface area (Å²) in [6.07, 6.45) is 1.98. The zero-order chi connectivity index (χ0) is 4.57.